The van der Waals surface area contributed by atoms with Gasteiger partial charge in [0, 0.05) is 0 Å². The van der Waals surface area contributed by atoms with Crippen molar-refractivity contribution in [1.29, 1.82) is 0 Å². The molecule has 0 bridgehead atoms. The molecule has 0 aromatic heterocycles. The van der Waals surface area contributed by atoms with E-state index in [1.807, 2.05) is 0 Å². The Hall–Kier alpha value is -0.421. The quantitative estimate of drug-likeness (QED) is 0.524. The Morgan fingerprint density at radius 2 is 1.80 bits per heavy atom. The van der Waals surface area contributed by atoms with Gasteiger partial charge in [-0.1, -0.05) is 0 Å². The van der Waals surface area contributed by atoms with E-state index < -0.39 is 19.2 Å². The van der Waals surface area contributed by atoms with Crippen molar-refractivity contribution in [3.8, 4) is 5.75 Å². The molecule has 25 heavy (non-hydrogen) atoms. The fourth-order valence-corrected chi connectivity index (χ4v) is 15.4. The standard InChI is InChI=1S/C13H18NO2.2C4H9.Sn/c1-9-6-7-13(16)11(8-9)14-10-4-2-3-5-12(10)15;2*1-3-4-2;/h6-8,10,12,14,16H,2-5H2,1H3;2*1,3-4H2,2H3;/q-1;;;+2/p-1. The molecule has 0 radical (unpaired) electrons. The van der Waals surface area contributed by atoms with Crippen LogP contribution in [0.2, 0.25) is 8.87 Å². The monoisotopic (exact) mass is 453 g/mol. The zero-order valence-corrected chi connectivity index (χ0v) is 19.1. The zero-order valence-electron chi connectivity index (χ0n) is 16.3. The van der Waals surface area contributed by atoms with E-state index in [1.54, 1.807) is 0 Å². The normalized spacial score (nSPS) is 24.9. The first-order valence-electron chi connectivity index (χ1n) is 10.4. The third-order valence-electron chi connectivity index (χ3n) is 5.66. The number of rotatable bonds is 6. The summed E-state index contributed by atoms with van der Waals surface area (Å²) in [6.07, 6.45) is 10.3. The van der Waals surface area contributed by atoms with Crippen LogP contribution in [-0.2, 0) is 3.07 Å². The van der Waals surface area contributed by atoms with Crippen molar-refractivity contribution in [2.45, 2.75) is 93.2 Å². The van der Waals surface area contributed by atoms with Crippen molar-refractivity contribution in [1.82, 2.24) is 0 Å². The summed E-state index contributed by atoms with van der Waals surface area (Å²) < 4.78 is 16.2. The second-order valence-corrected chi connectivity index (χ2v) is 17.2. The van der Waals surface area contributed by atoms with Gasteiger partial charge in [-0.05, 0) is 0 Å². The Morgan fingerprint density at radius 1 is 1.08 bits per heavy atom. The van der Waals surface area contributed by atoms with E-state index in [0.717, 1.165) is 5.75 Å². The van der Waals surface area contributed by atoms with Gasteiger partial charge in [-0.3, -0.25) is 0 Å². The molecule has 2 unspecified atom stereocenters. The number of fused-ring (bicyclic) bond motifs is 2. The Kier molecular flexibility index (Phi) is 6.95. The van der Waals surface area contributed by atoms with Crippen molar-refractivity contribution >= 4 is 24.9 Å². The van der Waals surface area contributed by atoms with Gasteiger partial charge in [0.05, 0.1) is 0 Å². The van der Waals surface area contributed by atoms with Crippen LogP contribution in [0, 0.1) is 6.92 Å². The Bertz CT molecular complexity index is 555. The summed E-state index contributed by atoms with van der Waals surface area (Å²) >= 11 is -3.13. The summed E-state index contributed by atoms with van der Waals surface area (Å²) in [6, 6.07) is 7.07. The average Bonchev–Trinajstić information content (AvgIpc) is 2.60. The molecule has 0 spiro atoms. The minimum atomic E-state index is -3.13. The van der Waals surface area contributed by atoms with E-state index >= 15 is 0 Å². The summed E-state index contributed by atoms with van der Waals surface area (Å²) in [5, 5.41) is 3.78. The van der Waals surface area contributed by atoms with Crippen molar-refractivity contribution < 1.29 is 6.15 Å². The van der Waals surface area contributed by atoms with Crippen LogP contribution in [0.25, 0.3) is 0 Å². The Labute approximate surface area is 158 Å². The maximum atomic E-state index is 7.00. The molecule has 1 aromatic rings. The van der Waals surface area contributed by atoms with Crippen LogP contribution in [0.1, 0.15) is 70.8 Å². The van der Waals surface area contributed by atoms with Gasteiger partial charge in [0.2, 0.25) is 0 Å². The van der Waals surface area contributed by atoms with Crippen LogP contribution in [0.4, 0.5) is 5.69 Å². The number of anilines is 1. The Morgan fingerprint density at radius 3 is 2.52 bits per heavy atom. The molecule has 1 N–H and O–H groups in total. The number of hydrogen-bond donors (Lipinski definition) is 1. The van der Waals surface area contributed by atoms with E-state index in [-0.39, 0.29) is 0 Å². The molecule has 3 rings (SSSR count). The summed E-state index contributed by atoms with van der Waals surface area (Å²) in [5.41, 5.74) is 2.50. The summed E-state index contributed by atoms with van der Waals surface area (Å²) in [5.74, 6) is 1.05. The fourth-order valence-electron chi connectivity index (χ4n) is 4.19. The van der Waals surface area contributed by atoms with Gasteiger partial charge in [-0.15, -0.1) is 0 Å². The molecule has 1 saturated carbocycles. The van der Waals surface area contributed by atoms with Crippen molar-refractivity contribution in [2.75, 3.05) is 5.32 Å². The van der Waals surface area contributed by atoms with E-state index in [4.69, 9.17) is 6.15 Å². The third-order valence-corrected chi connectivity index (χ3v) is 15.8. The number of benzene rings is 1. The zero-order chi connectivity index (χ0) is 17.7. The minimum absolute atomic E-state index is 0.354. The molecule has 4 heteroatoms. The molecule has 3 nitrogen and oxygen atoms in total. The summed E-state index contributed by atoms with van der Waals surface area (Å²) in [4.78, 5) is 0. The molecule has 1 fully saturated rings. The summed E-state index contributed by atoms with van der Waals surface area (Å²) in [6.45, 7) is 6.73. The van der Waals surface area contributed by atoms with Gasteiger partial charge in [-0.2, -0.15) is 0 Å². The third kappa shape index (κ3) is 4.85. The Balaban J connectivity index is 1.96. The fraction of sp³-hybridized carbons (Fsp3) is 0.714. The topological polar surface area (TPSA) is 30.5 Å². The first-order valence-corrected chi connectivity index (χ1v) is 16.8. The van der Waals surface area contributed by atoms with Gasteiger partial charge in [-0.25, -0.2) is 0 Å². The maximum absolute atomic E-state index is 7.00. The van der Waals surface area contributed by atoms with Gasteiger partial charge in [0.25, 0.3) is 0 Å². The van der Waals surface area contributed by atoms with E-state index in [9.17, 15) is 0 Å². The number of unbranched alkanes of at least 4 members (excludes halogenated alkanes) is 2. The van der Waals surface area contributed by atoms with E-state index in [0.29, 0.717) is 12.1 Å². The van der Waals surface area contributed by atoms with Crippen LogP contribution < -0.4 is 8.39 Å². The van der Waals surface area contributed by atoms with E-state index in [2.05, 4.69) is 44.3 Å². The van der Waals surface area contributed by atoms with Crippen molar-refractivity contribution in [3.05, 3.63) is 23.8 Å². The van der Waals surface area contributed by atoms with Crippen molar-refractivity contribution in [2.24, 2.45) is 0 Å². The first-order chi connectivity index (χ1) is 12.2. The van der Waals surface area contributed by atoms with Crippen LogP contribution in [-0.4, -0.2) is 31.4 Å². The van der Waals surface area contributed by atoms with Crippen LogP contribution >= 0.6 is 0 Å². The molecule has 1 aliphatic carbocycles. The first kappa shape index (κ1) is 19.3. The number of aryl methyl sites for hydroxylation is 1. The molecule has 0 amide bonds. The SMILES string of the molecule is CCC[CH2][Sn]1([CH2]CCC)[O]c2ccc(C)cc2NC2CCCCC2[O]1. The molecular weight excluding hydrogens is 417 g/mol. The second-order valence-electron chi connectivity index (χ2n) is 7.91. The molecule has 1 aliphatic heterocycles. The molecule has 0 saturated heterocycles. The second kappa shape index (κ2) is 8.98. The van der Waals surface area contributed by atoms with Crippen LogP contribution in [0.3, 0.4) is 0 Å². The molecular formula is C21H35NO2Sn. The molecule has 2 atom stereocenters. The van der Waals surface area contributed by atoms with Gasteiger partial charge < -0.3 is 0 Å². The van der Waals surface area contributed by atoms with Gasteiger partial charge >= 0.3 is 159 Å². The molecule has 140 valence electrons. The summed E-state index contributed by atoms with van der Waals surface area (Å²) in [7, 11) is 0. The van der Waals surface area contributed by atoms with Crippen LogP contribution in [0.5, 0.6) is 5.75 Å². The number of hydrogen-bond acceptors (Lipinski definition) is 3. The predicted octanol–water partition coefficient (Wildman–Crippen LogP) is 6.17. The molecule has 1 aromatic carbocycles. The van der Waals surface area contributed by atoms with Gasteiger partial charge in [0.1, 0.15) is 0 Å². The van der Waals surface area contributed by atoms with E-state index in [1.165, 1.54) is 71.5 Å². The predicted molar refractivity (Wildman–Crippen MR) is 108 cm³/mol. The average molecular weight is 452 g/mol. The van der Waals surface area contributed by atoms with Crippen LogP contribution in [0.15, 0.2) is 18.2 Å². The number of nitrogens with one attached hydrogen (secondary N) is 1. The molecule has 1 heterocycles. The van der Waals surface area contributed by atoms with Crippen molar-refractivity contribution in [3.63, 3.8) is 0 Å². The van der Waals surface area contributed by atoms with Gasteiger partial charge in [0.15, 0.2) is 0 Å². The molecule has 2 aliphatic rings.